The number of nitrogens with zero attached hydrogens (tertiary/aromatic N) is 3. The first-order valence-electron chi connectivity index (χ1n) is 4.51. The lowest BCUT2D eigenvalue weighted by Gasteiger charge is -2.14. The highest BCUT2D eigenvalue weighted by Gasteiger charge is 2.26. The summed E-state index contributed by atoms with van der Waals surface area (Å²) in [5.74, 6) is -0.302. The van der Waals surface area contributed by atoms with Crippen LogP contribution in [0.1, 0.15) is 19.5 Å². The Kier molecular flexibility index (Phi) is 3.34. The SMILES string of the molecule is CC(C)(C#N)C(=O)NCc1ccncn1. The molecule has 0 aromatic carbocycles. The number of rotatable bonds is 3. The summed E-state index contributed by atoms with van der Waals surface area (Å²) >= 11 is 0. The fourth-order valence-corrected chi connectivity index (χ4v) is 0.865. The lowest BCUT2D eigenvalue weighted by atomic mass is 9.95. The molecule has 5 nitrogen and oxygen atoms in total. The molecule has 0 radical (unpaired) electrons. The molecule has 0 atom stereocenters. The Morgan fingerprint density at radius 1 is 1.67 bits per heavy atom. The van der Waals surface area contributed by atoms with Gasteiger partial charge in [0.15, 0.2) is 0 Å². The van der Waals surface area contributed by atoms with E-state index >= 15 is 0 Å². The Bertz CT molecular complexity index is 380. The van der Waals surface area contributed by atoms with Crippen LogP contribution < -0.4 is 5.32 Å². The zero-order chi connectivity index (χ0) is 11.3. The standard InChI is InChI=1S/C10H12N4O/c1-10(2,6-11)9(15)13-5-8-3-4-12-7-14-8/h3-4,7H,5H2,1-2H3,(H,13,15). The zero-order valence-electron chi connectivity index (χ0n) is 8.69. The molecule has 1 heterocycles. The van der Waals surface area contributed by atoms with Gasteiger partial charge in [0.25, 0.3) is 0 Å². The molecule has 78 valence electrons. The van der Waals surface area contributed by atoms with E-state index in [0.717, 1.165) is 0 Å². The molecule has 0 bridgehead atoms. The second-order valence-corrected chi connectivity index (χ2v) is 3.62. The van der Waals surface area contributed by atoms with Gasteiger partial charge < -0.3 is 5.32 Å². The lowest BCUT2D eigenvalue weighted by molar-refractivity contribution is -0.126. The van der Waals surface area contributed by atoms with Crippen molar-refractivity contribution >= 4 is 5.91 Å². The van der Waals surface area contributed by atoms with Crippen LogP contribution in [-0.2, 0) is 11.3 Å². The number of carbonyl (C=O) groups is 1. The first-order chi connectivity index (χ1) is 7.06. The molecule has 15 heavy (non-hydrogen) atoms. The Labute approximate surface area is 88.2 Å². The monoisotopic (exact) mass is 204 g/mol. The molecule has 0 saturated carbocycles. The maximum Gasteiger partial charge on any atom is 0.240 e. The lowest BCUT2D eigenvalue weighted by Crippen LogP contribution is -2.35. The van der Waals surface area contributed by atoms with E-state index < -0.39 is 5.41 Å². The topological polar surface area (TPSA) is 78.7 Å². The summed E-state index contributed by atoms with van der Waals surface area (Å²) in [6, 6.07) is 3.64. The van der Waals surface area contributed by atoms with Gasteiger partial charge in [0.05, 0.1) is 18.3 Å². The third kappa shape index (κ3) is 3.02. The van der Waals surface area contributed by atoms with Crippen molar-refractivity contribution in [1.29, 1.82) is 5.26 Å². The van der Waals surface area contributed by atoms with E-state index in [0.29, 0.717) is 12.2 Å². The number of carbonyl (C=O) groups excluding carboxylic acids is 1. The van der Waals surface area contributed by atoms with Crippen LogP contribution in [0.2, 0.25) is 0 Å². The van der Waals surface area contributed by atoms with Crippen LogP contribution in [0.15, 0.2) is 18.6 Å². The highest BCUT2D eigenvalue weighted by atomic mass is 16.2. The molecule has 0 saturated heterocycles. The first-order valence-corrected chi connectivity index (χ1v) is 4.51. The van der Waals surface area contributed by atoms with Crippen LogP contribution in [0.25, 0.3) is 0 Å². The van der Waals surface area contributed by atoms with Crippen molar-refractivity contribution < 1.29 is 4.79 Å². The minimum Gasteiger partial charge on any atom is -0.349 e. The molecule has 1 amide bonds. The summed E-state index contributed by atoms with van der Waals surface area (Å²) in [4.78, 5) is 19.2. The van der Waals surface area contributed by atoms with Gasteiger partial charge in [0.1, 0.15) is 11.7 Å². The molecular formula is C10H12N4O. The molecule has 1 aromatic rings. The van der Waals surface area contributed by atoms with Gasteiger partial charge in [-0.15, -0.1) is 0 Å². The molecule has 0 unspecified atom stereocenters. The van der Waals surface area contributed by atoms with E-state index in [2.05, 4.69) is 15.3 Å². The second kappa shape index (κ2) is 4.51. The number of aromatic nitrogens is 2. The smallest absolute Gasteiger partial charge is 0.240 e. The average Bonchev–Trinajstić information content (AvgIpc) is 2.27. The fourth-order valence-electron chi connectivity index (χ4n) is 0.865. The van der Waals surface area contributed by atoms with Gasteiger partial charge in [-0.2, -0.15) is 5.26 Å². The van der Waals surface area contributed by atoms with Crippen LogP contribution >= 0.6 is 0 Å². The van der Waals surface area contributed by atoms with E-state index in [1.807, 2.05) is 6.07 Å². The Balaban J connectivity index is 2.53. The van der Waals surface area contributed by atoms with Crippen molar-refractivity contribution in [3.8, 4) is 6.07 Å². The van der Waals surface area contributed by atoms with Gasteiger partial charge >= 0.3 is 0 Å². The Morgan fingerprint density at radius 3 is 2.93 bits per heavy atom. The zero-order valence-corrected chi connectivity index (χ0v) is 8.69. The molecule has 5 heteroatoms. The summed E-state index contributed by atoms with van der Waals surface area (Å²) in [5, 5.41) is 11.4. The maximum atomic E-state index is 11.5. The number of nitriles is 1. The fraction of sp³-hybridized carbons (Fsp3) is 0.400. The number of amides is 1. The minimum atomic E-state index is -1.01. The molecule has 1 N–H and O–H groups in total. The van der Waals surface area contributed by atoms with E-state index in [1.165, 1.54) is 6.33 Å². The largest absolute Gasteiger partial charge is 0.349 e. The summed E-state index contributed by atoms with van der Waals surface area (Å²) in [5.41, 5.74) is -0.292. The minimum absolute atomic E-state index is 0.302. The molecular weight excluding hydrogens is 192 g/mol. The molecule has 0 aliphatic carbocycles. The van der Waals surface area contributed by atoms with Crippen LogP contribution in [0.4, 0.5) is 0 Å². The first kappa shape index (κ1) is 11.1. The molecule has 0 aliphatic rings. The van der Waals surface area contributed by atoms with Crippen molar-refractivity contribution in [2.24, 2.45) is 5.41 Å². The van der Waals surface area contributed by atoms with Gasteiger partial charge in [0, 0.05) is 6.20 Å². The van der Waals surface area contributed by atoms with Crippen molar-refractivity contribution in [2.45, 2.75) is 20.4 Å². The van der Waals surface area contributed by atoms with Gasteiger partial charge in [-0.25, -0.2) is 9.97 Å². The summed E-state index contributed by atoms with van der Waals surface area (Å²) in [6.45, 7) is 3.46. The quantitative estimate of drug-likeness (QED) is 0.783. The normalized spacial score (nSPS) is 10.5. The van der Waals surface area contributed by atoms with E-state index in [-0.39, 0.29) is 5.91 Å². The summed E-state index contributed by atoms with van der Waals surface area (Å²) in [7, 11) is 0. The van der Waals surface area contributed by atoms with E-state index in [4.69, 9.17) is 5.26 Å². The summed E-state index contributed by atoms with van der Waals surface area (Å²) in [6.07, 6.45) is 3.01. The third-order valence-electron chi connectivity index (χ3n) is 1.92. The second-order valence-electron chi connectivity index (χ2n) is 3.62. The summed E-state index contributed by atoms with van der Waals surface area (Å²) < 4.78 is 0. The maximum absolute atomic E-state index is 11.5. The van der Waals surface area contributed by atoms with Gasteiger partial charge in [0.2, 0.25) is 5.91 Å². The molecule has 1 rings (SSSR count). The van der Waals surface area contributed by atoms with Crippen molar-refractivity contribution in [3.05, 3.63) is 24.3 Å². The number of nitrogens with one attached hydrogen (secondary N) is 1. The predicted octanol–water partition coefficient (Wildman–Crippen LogP) is 0.643. The van der Waals surface area contributed by atoms with Crippen molar-refractivity contribution in [1.82, 2.24) is 15.3 Å². The Morgan fingerprint density at radius 2 is 2.40 bits per heavy atom. The van der Waals surface area contributed by atoms with Gasteiger partial charge in [-0.1, -0.05) is 0 Å². The molecule has 0 fully saturated rings. The molecule has 0 spiro atoms. The van der Waals surface area contributed by atoms with E-state index in [1.54, 1.807) is 26.1 Å². The van der Waals surface area contributed by atoms with Crippen molar-refractivity contribution in [3.63, 3.8) is 0 Å². The predicted molar refractivity (Wildman–Crippen MR) is 53.3 cm³/mol. The van der Waals surface area contributed by atoms with Crippen molar-refractivity contribution in [2.75, 3.05) is 0 Å². The number of hydrogen-bond donors (Lipinski definition) is 1. The number of hydrogen-bond acceptors (Lipinski definition) is 4. The molecule has 0 aliphatic heterocycles. The van der Waals surface area contributed by atoms with Crippen LogP contribution in [0.3, 0.4) is 0 Å². The van der Waals surface area contributed by atoms with Crippen LogP contribution in [0.5, 0.6) is 0 Å². The highest BCUT2D eigenvalue weighted by Crippen LogP contribution is 2.12. The van der Waals surface area contributed by atoms with Crippen LogP contribution in [0, 0.1) is 16.7 Å². The van der Waals surface area contributed by atoms with E-state index in [9.17, 15) is 4.79 Å². The molecule has 1 aromatic heterocycles. The van der Waals surface area contributed by atoms with Gasteiger partial charge in [-0.3, -0.25) is 4.79 Å². The Hall–Kier alpha value is -1.96. The average molecular weight is 204 g/mol. The third-order valence-corrected chi connectivity index (χ3v) is 1.92. The van der Waals surface area contributed by atoms with Crippen LogP contribution in [-0.4, -0.2) is 15.9 Å². The van der Waals surface area contributed by atoms with Gasteiger partial charge in [-0.05, 0) is 19.9 Å². The highest BCUT2D eigenvalue weighted by molar-refractivity contribution is 5.84.